The van der Waals surface area contributed by atoms with Gasteiger partial charge in [-0.05, 0) is 265 Å². The maximum absolute atomic E-state index is 2.78. The molecule has 0 fully saturated rings. The molecule has 10 aliphatic rings. The van der Waals surface area contributed by atoms with Crippen molar-refractivity contribution in [2.24, 2.45) is 5.92 Å². The number of benzene rings is 10. The van der Waals surface area contributed by atoms with Gasteiger partial charge in [0.15, 0.2) is 0 Å². The Hall–Kier alpha value is -6.24. The van der Waals surface area contributed by atoms with E-state index in [0.29, 0.717) is 11.8 Å². The third-order valence-electron chi connectivity index (χ3n) is 20.3. The normalized spacial score (nSPS) is 27.0. The van der Waals surface area contributed by atoms with Crippen molar-refractivity contribution < 1.29 is 0 Å². The summed E-state index contributed by atoms with van der Waals surface area (Å²) in [5.74, 6) is 0.911. The highest BCUT2D eigenvalue weighted by molar-refractivity contribution is 6.61. The Kier molecular flexibility index (Phi) is 2.96. The van der Waals surface area contributed by atoms with Gasteiger partial charge in [0.05, 0.1) is 0 Å². The molecule has 12 aromatic rings. The second kappa shape index (κ2) is 6.73. The minimum absolute atomic E-state index is 0.133. The van der Waals surface area contributed by atoms with Crippen molar-refractivity contribution in [2.45, 2.75) is 62.7 Å². The molecule has 4 atom stereocenters. The molecule has 0 saturated heterocycles. The molecule has 264 valence electrons. The summed E-state index contributed by atoms with van der Waals surface area (Å²) >= 11 is 0. The van der Waals surface area contributed by atoms with E-state index in [2.05, 4.69) is 74.5 Å². The summed E-state index contributed by atoms with van der Waals surface area (Å²) in [5, 5.41) is 36.0. The fourth-order valence-corrected chi connectivity index (χ4v) is 19.1. The molecule has 2 spiro atoms. The van der Waals surface area contributed by atoms with Crippen LogP contribution in [-0.2, 0) is 36.5 Å². The summed E-state index contributed by atoms with van der Waals surface area (Å²) in [4.78, 5) is 0. The van der Waals surface area contributed by atoms with Crippen molar-refractivity contribution in [1.29, 1.82) is 0 Å². The largest absolute Gasteiger partial charge is 0.0728 e. The van der Waals surface area contributed by atoms with Gasteiger partial charge in [0.1, 0.15) is 0 Å². The summed E-state index contributed by atoms with van der Waals surface area (Å²) in [6.45, 7) is 4.71. The Labute approximate surface area is 335 Å². The Morgan fingerprint density at radius 2 is 1.03 bits per heavy atom. The van der Waals surface area contributed by atoms with Crippen molar-refractivity contribution >= 4 is 130 Å². The molecule has 0 nitrogen and oxygen atoms in total. The van der Waals surface area contributed by atoms with E-state index in [9.17, 15) is 0 Å². The smallest absolute Gasteiger partial charge is 0.0403 e. The van der Waals surface area contributed by atoms with Crippen molar-refractivity contribution in [1.82, 2.24) is 0 Å². The van der Waals surface area contributed by atoms with Gasteiger partial charge in [0, 0.05) is 22.7 Å². The van der Waals surface area contributed by atoms with Gasteiger partial charge in [0.25, 0.3) is 0 Å². The van der Waals surface area contributed by atoms with Crippen LogP contribution in [0.1, 0.15) is 79.1 Å². The van der Waals surface area contributed by atoms with E-state index in [1.807, 2.05) is 0 Å². The van der Waals surface area contributed by atoms with E-state index in [-0.39, 0.29) is 10.8 Å². The second-order valence-corrected chi connectivity index (χ2v) is 21.6. The zero-order chi connectivity index (χ0) is 36.7. The SMILES string of the molecule is Cc1cc2c(cc1C)CC13C4=c5ccc6c7cc8c9c%10c%11c%12c%13c%14c%15c%16c(cc%17c%18c(c%19c%20c1c5c6c1c7c9c%12c(c%19c%13c%16%18)c%201)C3(C2)C=%17C=C4)CC%15=CC(C=C%10CC8)C%14%11. The lowest BCUT2D eigenvalue weighted by Crippen LogP contribution is -2.57. The lowest BCUT2D eigenvalue weighted by atomic mass is 9.43. The summed E-state index contributed by atoms with van der Waals surface area (Å²) in [7, 11) is 0. The zero-order valence-corrected chi connectivity index (χ0v) is 32.5. The van der Waals surface area contributed by atoms with Crippen LogP contribution >= 0.6 is 0 Å². The first-order chi connectivity index (χ1) is 29.1. The zero-order valence-electron chi connectivity index (χ0n) is 32.5. The molecule has 0 heterocycles. The summed E-state index contributed by atoms with van der Waals surface area (Å²) in [5.41, 5.74) is 25.9. The van der Waals surface area contributed by atoms with Gasteiger partial charge in [-0.25, -0.2) is 0 Å². The average molecular weight is 737 g/mol. The van der Waals surface area contributed by atoms with Crippen LogP contribution in [0.15, 0.2) is 60.7 Å². The Bertz CT molecular complexity index is 4740. The molecule has 0 heteroatoms. The van der Waals surface area contributed by atoms with Crippen LogP contribution in [0, 0.1) is 19.8 Å². The molecule has 12 aromatic carbocycles. The maximum Gasteiger partial charge on any atom is 0.0403 e. The van der Waals surface area contributed by atoms with Gasteiger partial charge in [-0.15, -0.1) is 0 Å². The van der Waals surface area contributed by atoms with E-state index in [1.54, 1.807) is 191 Å². The first-order valence-electron chi connectivity index (χ1n) is 22.6. The molecular weight excluding hydrogens is 709 g/mol. The quantitative estimate of drug-likeness (QED) is 0.107. The summed E-state index contributed by atoms with van der Waals surface area (Å²) in [6, 6.07) is 16.0. The Morgan fingerprint density at radius 3 is 1.80 bits per heavy atom. The predicted octanol–water partition coefficient (Wildman–Crippen LogP) is 12.0. The van der Waals surface area contributed by atoms with E-state index >= 15 is 0 Å². The van der Waals surface area contributed by atoms with Crippen molar-refractivity contribution in [3.63, 3.8) is 0 Å². The van der Waals surface area contributed by atoms with Gasteiger partial charge < -0.3 is 0 Å². The van der Waals surface area contributed by atoms with Crippen LogP contribution in [0.5, 0.6) is 0 Å². The van der Waals surface area contributed by atoms with Crippen LogP contribution < -0.4 is 10.4 Å². The molecule has 4 unspecified atom stereocenters. The summed E-state index contributed by atoms with van der Waals surface area (Å²) < 4.78 is 0. The van der Waals surface area contributed by atoms with E-state index in [0.717, 1.165) is 25.7 Å². The monoisotopic (exact) mass is 736 g/mol. The molecule has 59 heavy (non-hydrogen) atoms. The summed E-state index contributed by atoms with van der Waals surface area (Å²) in [6.07, 6.45) is 16.5. The predicted molar refractivity (Wildman–Crippen MR) is 244 cm³/mol. The number of rotatable bonds is 0. The molecule has 0 bridgehead atoms. The topological polar surface area (TPSA) is 0 Å². The first-order valence-corrected chi connectivity index (χ1v) is 22.6. The molecule has 0 aliphatic heterocycles. The van der Waals surface area contributed by atoms with Crippen LogP contribution in [0.4, 0.5) is 0 Å². The fourth-order valence-electron chi connectivity index (χ4n) is 19.1. The lowest BCUT2D eigenvalue weighted by Gasteiger charge is -2.58. The highest BCUT2D eigenvalue weighted by atomic mass is 14.7. The van der Waals surface area contributed by atoms with Crippen LogP contribution in [-0.4, -0.2) is 0 Å². The van der Waals surface area contributed by atoms with Crippen molar-refractivity contribution in [3.8, 4) is 0 Å². The number of hydrogen-bond donors (Lipinski definition) is 0. The highest BCUT2D eigenvalue weighted by Gasteiger charge is 2.68. The van der Waals surface area contributed by atoms with Gasteiger partial charge in [-0.3, -0.25) is 0 Å². The van der Waals surface area contributed by atoms with Crippen LogP contribution in [0.25, 0.3) is 130 Å². The van der Waals surface area contributed by atoms with E-state index in [4.69, 9.17) is 0 Å². The van der Waals surface area contributed by atoms with Gasteiger partial charge in [0.2, 0.25) is 0 Å². The third kappa shape index (κ3) is 1.84. The molecule has 22 rings (SSSR count). The molecule has 10 aliphatic carbocycles. The van der Waals surface area contributed by atoms with Crippen LogP contribution in [0.2, 0.25) is 0 Å². The van der Waals surface area contributed by atoms with Gasteiger partial charge in [-0.1, -0.05) is 48.6 Å². The molecule has 0 saturated carbocycles. The molecule has 0 amide bonds. The number of fused-ring (bicyclic) bond motifs is 2. The maximum atomic E-state index is 2.78. The second-order valence-electron chi connectivity index (χ2n) is 21.6. The number of aryl methyl sites for hydroxylation is 3. The molecular formula is C59H28. The third-order valence-corrected chi connectivity index (χ3v) is 20.3. The van der Waals surface area contributed by atoms with Gasteiger partial charge >= 0.3 is 0 Å². The van der Waals surface area contributed by atoms with E-state index < -0.39 is 0 Å². The van der Waals surface area contributed by atoms with E-state index in [1.165, 1.54) is 22.9 Å². The van der Waals surface area contributed by atoms with Gasteiger partial charge in [-0.2, -0.15) is 0 Å². The number of hydrogen-bond acceptors (Lipinski definition) is 0. The van der Waals surface area contributed by atoms with Crippen molar-refractivity contribution in [3.05, 3.63) is 138 Å². The Balaban J connectivity index is 1.19. The van der Waals surface area contributed by atoms with Crippen LogP contribution in [0.3, 0.4) is 0 Å². The fraction of sp³-hybridized carbons (Fsp3) is 0.186. The lowest BCUT2D eigenvalue weighted by molar-refractivity contribution is 0.334. The standard InChI is InChI=1S/C59H28/c1-18-9-25-16-58-31-7-8-32-30-15-24-13-23-12-22-11-20-3-4-21-14-29-27-5-6-28(31)40-38(27)46-39(29)44-34(21)33(20)42-37(22)43-35(23)36(24)45-41(30)57(59(32,58)17-26(25)10-19(18)2)55-53-50(45)48(43)47(42)49(44)51(53)52(46)54(55)56(40)58/h5-12,14-15,22,37H,3-4,13,16-17H2,1-2H3. The number of allylic oxidation sites excluding steroid dienone is 6. The highest BCUT2D eigenvalue weighted by Crippen LogP contribution is 2.77. The first kappa shape index (κ1) is 26.0. The molecule has 0 aromatic heterocycles. The minimum Gasteiger partial charge on any atom is -0.0728 e. The molecule has 0 radical (unpaired) electrons. The van der Waals surface area contributed by atoms with Crippen molar-refractivity contribution in [2.75, 3.05) is 0 Å². The Morgan fingerprint density at radius 1 is 0.458 bits per heavy atom. The molecule has 0 N–H and O–H groups in total. The minimum atomic E-state index is -0.133. The average Bonchev–Trinajstić information content (AvgIpc) is 4.07.